The number of piperazine rings is 1. The topological polar surface area (TPSA) is 91.0 Å². The largest absolute Gasteiger partial charge is 0.447 e. The lowest BCUT2D eigenvalue weighted by molar-refractivity contribution is -0.132. The number of nitrogens with zero attached hydrogens (tertiary/aromatic N) is 2. The molecule has 0 spiro atoms. The monoisotopic (exact) mass is 478 g/mol. The van der Waals surface area contributed by atoms with Crippen LogP contribution >= 0.6 is 0 Å². The highest BCUT2D eigenvalue weighted by atomic mass is 16.6. The van der Waals surface area contributed by atoms with Crippen LogP contribution in [0.2, 0.25) is 0 Å². The maximum Gasteiger partial charge on any atom is 0.407 e. The molecule has 2 aliphatic rings. The highest BCUT2D eigenvalue weighted by Gasteiger charge is 2.33. The Kier molecular flexibility index (Phi) is 7.40. The number of rotatable bonds is 5. The Morgan fingerprint density at radius 1 is 1.14 bits per heavy atom. The van der Waals surface area contributed by atoms with Gasteiger partial charge in [0.1, 0.15) is 0 Å². The summed E-state index contributed by atoms with van der Waals surface area (Å²) in [5.74, 6) is 0.0929. The number of benzene rings is 2. The van der Waals surface area contributed by atoms with E-state index in [4.69, 9.17) is 4.74 Å². The number of anilines is 1. The molecule has 3 amide bonds. The van der Waals surface area contributed by atoms with Crippen molar-refractivity contribution in [1.82, 2.24) is 15.5 Å². The van der Waals surface area contributed by atoms with Gasteiger partial charge in [-0.25, -0.2) is 4.79 Å². The van der Waals surface area contributed by atoms with Crippen molar-refractivity contribution in [3.63, 3.8) is 0 Å². The van der Waals surface area contributed by atoms with Gasteiger partial charge in [-0.15, -0.1) is 0 Å². The van der Waals surface area contributed by atoms with E-state index >= 15 is 0 Å². The summed E-state index contributed by atoms with van der Waals surface area (Å²) in [6, 6.07) is 13.9. The summed E-state index contributed by atoms with van der Waals surface area (Å²) in [4.78, 5) is 40.5. The van der Waals surface area contributed by atoms with Crippen LogP contribution in [-0.4, -0.2) is 54.6 Å². The molecule has 4 rings (SSSR count). The summed E-state index contributed by atoms with van der Waals surface area (Å²) in [6.45, 7) is 9.70. The number of fused-ring (bicyclic) bond motifs is 1. The summed E-state index contributed by atoms with van der Waals surface area (Å²) in [5.41, 5.74) is 4.81. The first-order valence-corrected chi connectivity index (χ1v) is 12.2. The number of ether oxygens (including phenoxy) is 1. The molecular weight excluding hydrogens is 444 g/mol. The molecule has 2 N–H and O–H groups in total. The van der Waals surface area contributed by atoms with Crippen molar-refractivity contribution in [3.05, 3.63) is 53.6 Å². The second kappa shape index (κ2) is 10.5. The maximum atomic E-state index is 12.4. The van der Waals surface area contributed by atoms with E-state index in [1.54, 1.807) is 11.8 Å². The molecule has 8 nitrogen and oxygen atoms in total. The number of hydrogen-bond acceptors (Lipinski definition) is 5. The van der Waals surface area contributed by atoms with E-state index in [0.717, 1.165) is 34.5 Å². The fourth-order valence-electron chi connectivity index (χ4n) is 4.89. The lowest BCUT2D eigenvalue weighted by atomic mass is 9.89. The molecule has 0 radical (unpaired) electrons. The van der Waals surface area contributed by atoms with Crippen LogP contribution in [0.5, 0.6) is 0 Å². The minimum Gasteiger partial charge on any atom is -0.447 e. The molecule has 0 saturated carbocycles. The fourth-order valence-corrected chi connectivity index (χ4v) is 4.89. The van der Waals surface area contributed by atoms with Gasteiger partial charge in [-0.1, -0.05) is 30.3 Å². The molecule has 35 heavy (non-hydrogen) atoms. The standard InChI is InChI=1S/C27H34N4O4/c1-17(2)35-27(34)29-24-13-18(3)31(19(4)32)25-10-9-22(14-23(24)25)21-7-5-20(6-8-21)16-30-12-11-28-15-26(30)33/h5-10,14,17-18,24,28H,11-13,15-16H2,1-4H3,(H,29,34)/t18-,24+/m0/s1. The molecule has 8 heteroatoms. The zero-order valence-corrected chi connectivity index (χ0v) is 20.8. The van der Waals surface area contributed by atoms with Crippen molar-refractivity contribution in [2.24, 2.45) is 0 Å². The van der Waals surface area contributed by atoms with Gasteiger partial charge in [0.25, 0.3) is 0 Å². The van der Waals surface area contributed by atoms with E-state index in [2.05, 4.69) is 10.6 Å². The molecule has 2 aromatic carbocycles. The van der Waals surface area contributed by atoms with E-state index in [9.17, 15) is 14.4 Å². The Balaban J connectivity index is 1.60. The predicted octanol–water partition coefficient (Wildman–Crippen LogP) is 3.61. The van der Waals surface area contributed by atoms with E-state index in [0.29, 0.717) is 26.1 Å². The van der Waals surface area contributed by atoms with Gasteiger partial charge in [0.15, 0.2) is 0 Å². The van der Waals surface area contributed by atoms with Crippen LogP contribution in [0.4, 0.5) is 10.5 Å². The molecule has 186 valence electrons. The fraction of sp³-hybridized carbons (Fsp3) is 0.444. The predicted molar refractivity (Wildman–Crippen MR) is 135 cm³/mol. The molecule has 1 fully saturated rings. The summed E-state index contributed by atoms with van der Waals surface area (Å²) in [6.07, 6.45) is -0.0804. The quantitative estimate of drug-likeness (QED) is 0.685. The first-order valence-electron chi connectivity index (χ1n) is 12.2. The highest BCUT2D eigenvalue weighted by Crippen LogP contribution is 2.39. The SMILES string of the molecule is CC(=O)N1c2ccc(-c3ccc(CN4CCNCC4=O)cc3)cc2[C@H](NC(=O)OC(C)C)C[C@@H]1C. The van der Waals surface area contributed by atoms with Crippen LogP contribution in [-0.2, 0) is 20.9 Å². The second-order valence-electron chi connectivity index (χ2n) is 9.59. The van der Waals surface area contributed by atoms with Gasteiger partial charge >= 0.3 is 6.09 Å². The Morgan fingerprint density at radius 3 is 2.51 bits per heavy atom. The molecular formula is C27H34N4O4. The van der Waals surface area contributed by atoms with Gasteiger partial charge < -0.3 is 25.2 Å². The lowest BCUT2D eigenvalue weighted by Crippen LogP contribution is -2.47. The number of hydrogen-bond donors (Lipinski definition) is 2. The van der Waals surface area contributed by atoms with Crippen LogP contribution in [0.25, 0.3) is 11.1 Å². The van der Waals surface area contributed by atoms with Gasteiger partial charge in [0.2, 0.25) is 11.8 Å². The van der Waals surface area contributed by atoms with Gasteiger partial charge in [-0.3, -0.25) is 9.59 Å². The number of carbonyl (C=O) groups excluding carboxylic acids is 3. The van der Waals surface area contributed by atoms with Crippen LogP contribution in [0, 0.1) is 0 Å². The Bertz CT molecular complexity index is 1100. The molecule has 2 aliphatic heterocycles. The minimum atomic E-state index is -0.461. The summed E-state index contributed by atoms with van der Waals surface area (Å²) >= 11 is 0. The highest BCUT2D eigenvalue weighted by molar-refractivity contribution is 5.94. The number of alkyl carbamates (subject to hydrolysis) is 1. The van der Waals surface area contributed by atoms with Crippen molar-refractivity contribution in [2.75, 3.05) is 24.5 Å². The lowest BCUT2D eigenvalue weighted by Gasteiger charge is -2.39. The number of nitrogens with one attached hydrogen (secondary N) is 2. The second-order valence-corrected chi connectivity index (χ2v) is 9.59. The van der Waals surface area contributed by atoms with Gasteiger partial charge in [0.05, 0.1) is 18.7 Å². The number of amides is 3. The average Bonchev–Trinajstić information content (AvgIpc) is 2.80. The van der Waals surface area contributed by atoms with Crippen molar-refractivity contribution in [1.29, 1.82) is 0 Å². The van der Waals surface area contributed by atoms with Gasteiger partial charge in [-0.2, -0.15) is 0 Å². The van der Waals surface area contributed by atoms with E-state index in [-0.39, 0.29) is 30.0 Å². The van der Waals surface area contributed by atoms with Crippen molar-refractivity contribution < 1.29 is 19.1 Å². The third-order valence-corrected chi connectivity index (χ3v) is 6.50. The van der Waals surface area contributed by atoms with Gasteiger partial charge in [0, 0.05) is 38.3 Å². The summed E-state index contributed by atoms with van der Waals surface area (Å²) in [5, 5.41) is 6.09. The molecule has 0 aliphatic carbocycles. The van der Waals surface area contributed by atoms with Crippen molar-refractivity contribution in [3.8, 4) is 11.1 Å². The van der Waals surface area contributed by atoms with Crippen molar-refractivity contribution >= 4 is 23.6 Å². The third-order valence-electron chi connectivity index (χ3n) is 6.50. The number of carbonyl (C=O) groups is 3. The van der Waals surface area contributed by atoms with Gasteiger partial charge in [-0.05, 0) is 61.6 Å². The molecule has 2 aromatic rings. The summed E-state index contributed by atoms with van der Waals surface area (Å²) in [7, 11) is 0. The zero-order chi connectivity index (χ0) is 25.1. The molecule has 0 unspecified atom stereocenters. The van der Waals surface area contributed by atoms with E-state index < -0.39 is 6.09 Å². The zero-order valence-electron chi connectivity index (χ0n) is 20.8. The molecule has 1 saturated heterocycles. The normalized spacial score (nSPS) is 20.0. The first kappa shape index (κ1) is 24.7. The first-order chi connectivity index (χ1) is 16.7. The van der Waals surface area contributed by atoms with E-state index in [1.807, 2.05) is 68.1 Å². The smallest absolute Gasteiger partial charge is 0.407 e. The summed E-state index contributed by atoms with van der Waals surface area (Å²) < 4.78 is 5.31. The van der Waals surface area contributed by atoms with Crippen LogP contribution < -0.4 is 15.5 Å². The maximum absolute atomic E-state index is 12.4. The van der Waals surface area contributed by atoms with Crippen molar-refractivity contribution in [2.45, 2.75) is 58.8 Å². The molecule has 2 atom stereocenters. The third kappa shape index (κ3) is 5.65. The molecule has 2 heterocycles. The Hall–Kier alpha value is -3.39. The van der Waals surface area contributed by atoms with Crippen LogP contribution in [0.3, 0.4) is 0 Å². The van der Waals surface area contributed by atoms with Crippen LogP contribution in [0.15, 0.2) is 42.5 Å². The minimum absolute atomic E-state index is 0.0264. The van der Waals surface area contributed by atoms with E-state index in [1.165, 1.54) is 0 Å². The molecule has 0 bridgehead atoms. The molecule has 0 aromatic heterocycles. The van der Waals surface area contributed by atoms with Crippen LogP contribution in [0.1, 0.15) is 51.3 Å². The Morgan fingerprint density at radius 2 is 1.86 bits per heavy atom. The Labute approximate surface area is 206 Å². The average molecular weight is 479 g/mol.